The number of benzene rings is 2. The fourth-order valence-corrected chi connectivity index (χ4v) is 1.86. The Hall–Kier alpha value is -2.07. The van der Waals surface area contributed by atoms with E-state index in [2.05, 4.69) is 25.1 Å². The van der Waals surface area contributed by atoms with Crippen molar-refractivity contribution >= 4 is 0 Å². The topological polar surface area (TPSA) is 23.8 Å². The average Bonchev–Trinajstić information content (AvgIpc) is 2.39. The third-order valence-electron chi connectivity index (χ3n) is 2.70. The smallest absolute Gasteiger partial charge is 0.0991 e. The van der Waals surface area contributed by atoms with Crippen LogP contribution in [0.3, 0.4) is 0 Å². The standard InChI is InChI=1S/C15H13N/c1-2-13-10-12(11-16)8-9-15(13)14-6-4-3-5-7-14/h3-10H,2H2,1H3. The highest BCUT2D eigenvalue weighted by atomic mass is 14.2. The average molecular weight is 207 g/mol. The minimum Gasteiger partial charge on any atom is -0.192 e. The minimum atomic E-state index is 0.733. The summed E-state index contributed by atoms with van der Waals surface area (Å²) in [5.41, 5.74) is 4.40. The molecule has 1 nitrogen and oxygen atoms in total. The van der Waals surface area contributed by atoms with Crippen molar-refractivity contribution < 1.29 is 0 Å². The maximum Gasteiger partial charge on any atom is 0.0991 e. The van der Waals surface area contributed by atoms with Crippen LogP contribution in [0.2, 0.25) is 0 Å². The van der Waals surface area contributed by atoms with E-state index >= 15 is 0 Å². The monoisotopic (exact) mass is 207 g/mol. The molecule has 2 aromatic rings. The first-order valence-electron chi connectivity index (χ1n) is 5.43. The number of aryl methyl sites for hydroxylation is 1. The first kappa shape index (κ1) is 10.4. The van der Waals surface area contributed by atoms with Crippen molar-refractivity contribution in [3.63, 3.8) is 0 Å². The van der Waals surface area contributed by atoms with Crippen LogP contribution in [0.15, 0.2) is 48.5 Å². The molecule has 0 aliphatic rings. The van der Waals surface area contributed by atoms with Crippen LogP contribution < -0.4 is 0 Å². The van der Waals surface area contributed by atoms with Crippen molar-refractivity contribution in [2.75, 3.05) is 0 Å². The summed E-state index contributed by atoms with van der Waals surface area (Å²) in [6, 6.07) is 18.3. The molecule has 0 unspecified atom stereocenters. The predicted molar refractivity (Wildman–Crippen MR) is 66.0 cm³/mol. The first-order valence-corrected chi connectivity index (χ1v) is 5.43. The van der Waals surface area contributed by atoms with Gasteiger partial charge in [0, 0.05) is 0 Å². The van der Waals surface area contributed by atoms with Crippen molar-refractivity contribution in [3.8, 4) is 17.2 Å². The Morgan fingerprint density at radius 1 is 1.06 bits per heavy atom. The largest absolute Gasteiger partial charge is 0.192 e. The maximum absolute atomic E-state index is 8.87. The van der Waals surface area contributed by atoms with E-state index in [1.807, 2.05) is 36.4 Å². The van der Waals surface area contributed by atoms with Gasteiger partial charge >= 0.3 is 0 Å². The predicted octanol–water partition coefficient (Wildman–Crippen LogP) is 3.79. The molecule has 0 heterocycles. The van der Waals surface area contributed by atoms with Gasteiger partial charge in [-0.2, -0.15) is 5.26 Å². The first-order chi connectivity index (χ1) is 7.85. The second-order valence-electron chi connectivity index (χ2n) is 3.70. The summed E-state index contributed by atoms with van der Waals surface area (Å²) in [6.07, 6.45) is 0.944. The van der Waals surface area contributed by atoms with Gasteiger partial charge in [-0.05, 0) is 35.2 Å². The van der Waals surface area contributed by atoms with Gasteiger partial charge in [0.25, 0.3) is 0 Å². The third-order valence-corrected chi connectivity index (χ3v) is 2.70. The Labute approximate surface area is 96.0 Å². The number of rotatable bonds is 2. The second-order valence-corrected chi connectivity index (χ2v) is 3.70. The van der Waals surface area contributed by atoms with Crippen LogP contribution in [0.25, 0.3) is 11.1 Å². The van der Waals surface area contributed by atoms with E-state index < -0.39 is 0 Å². The molecule has 0 aliphatic carbocycles. The maximum atomic E-state index is 8.87. The Balaban J connectivity index is 2.54. The van der Waals surface area contributed by atoms with Crippen LogP contribution in [-0.4, -0.2) is 0 Å². The summed E-state index contributed by atoms with van der Waals surface area (Å²) in [5, 5.41) is 8.87. The van der Waals surface area contributed by atoms with Crippen LogP contribution in [0.4, 0.5) is 0 Å². The Morgan fingerprint density at radius 2 is 1.81 bits per heavy atom. The van der Waals surface area contributed by atoms with Gasteiger partial charge in [0.15, 0.2) is 0 Å². The minimum absolute atomic E-state index is 0.733. The molecule has 0 aromatic heterocycles. The number of nitriles is 1. The van der Waals surface area contributed by atoms with E-state index in [-0.39, 0.29) is 0 Å². The lowest BCUT2D eigenvalue weighted by atomic mass is 9.96. The van der Waals surface area contributed by atoms with Crippen molar-refractivity contribution in [3.05, 3.63) is 59.7 Å². The Morgan fingerprint density at radius 3 is 2.44 bits per heavy atom. The molecule has 0 atom stereocenters. The summed E-state index contributed by atoms with van der Waals surface area (Å²) < 4.78 is 0. The Bertz CT molecular complexity index is 521. The van der Waals surface area contributed by atoms with Crippen LogP contribution in [0.5, 0.6) is 0 Å². The summed E-state index contributed by atoms with van der Waals surface area (Å²) in [7, 11) is 0. The quantitative estimate of drug-likeness (QED) is 0.735. The molecule has 1 heteroatoms. The van der Waals surface area contributed by atoms with Gasteiger partial charge in [-0.15, -0.1) is 0 Å². The van der Waals surface area contributed by atoms with Gasteiger partial charge < -0.3 is 0 Å². The van der Waals surface area contributed by atoms with E-state index in [0.717, 1.165) is 12.0 Å². The lowest BCUT2D eigenvalue weighted by molar-refractivity contribution is 1.14. The van der Waals surface area contributed by atoms with E-state index in [0.29, 0.717) is 0 Å². The van der Waals surface area contributed by atoms with E-state index in [4.69, 9.17) is 5.26 Å². The van der Waals surface area contributed by atoms with Gasteiger partial charge in [0.1, 0.15) is 0 Å². The molecule has 0 saturated carbocycles. The molecule has 2 rings (SSSR count). The molecule has 0 saturated heterocycles. The zero-order valence-corrected chi connectivity index (χ0v) is 9.27. The van der Waals surface area contributed by atoms with E-state index in [9.17, 15) is 0 Å². The number of nitrogens with zero attached hydrogens (tertiary/aromatic N) is 1. The van der Waals surface area contributed by atoms with E-state index in [1.54, 1.807) is 0 Å². The summed E-state index contributed by atoms with van der Waals surface area (Å²) in [6.45, 7) is 2.11. The third kappa shape index (κ3) is 1.97. The number of hydrogen-bond acceptors (Lipinski definition) is 1. The van der Waals surface area contributed by atoms with Crippen LogP contribution >= 0.6 is 0 Å². The van der Waals surface area contributed by atoms with Crippen molar-refractivity contribution in [2.24, 2.45) is 0 Å². The molecule has 16 heavy (non-hydrogen) atoms. The fraction of sp³-hybridized carbons (Fsp3) is 0.133. The van der Waals surface area contributed by atoms with Crippen molar-refractivity contribution in [1.82, 2.24) is 0 Å². The zero-order chi connectivity index (χ0) is 11.4. The number of hydrogen-bond donors (Lipinski definition) is 0. The van der Waals surface area contributed by atoms with Crippen molar-refractivity contribution in [1.29, 1.82) is 5.26 Å². The molecule has 0 spiro atoms. The highest BCUT2D eigenvalue weighted by Gasteiger charge is 2.04. The molecule has 0 bridgehead atoms. The molecule has 2 aromatic carbocycles. The van der Waals surface area contributed by atoms with E-state index in [1.165, 1.54) is 16.7 Å². The summed E-state index contributed by atoms with van der Waals surface area (Å²) in [4.78, 5) is 0. The normalized spacial score (nSPS) is 9.75. The SMILES string of the molecule is CCc1cc(C#N)ccc1-c1ccccc1. The molecule has 0 N–H and O–H groups in total. The molecular formula is C15H13N. The van der Waals surface area contributed by atoms with Gasteiger partial charge in [0.2, 0.25) is 0 Å². The highest BCUT2D eigenvalue weighted by Crippen LogP contribution is 2.24. The molecule has 0 radical (unpaired) electrons. The van der Waals surface area contributed by atoms with Crippen LogP contribution in [0.1, 0.15) is 18.1 Å². The Kier molecular flexibility index (Phi) is 3.03. The highest BCUT2D eigenvalue weighted by molar-refractivity contribution is 5.68. The molecule has 0 amide bonds. The van der Waals surface area contributed by atoms with Gasteiger partial charge in [-0.25, -0.2) is 0 Å². The second kappa shape index (κ2) is 4.63. The molecule has 0 aliphatic heterocycles. The van der Waals surface area contributed by atoms with Crippen LogP contribution in [0, 0.1) is 11.3 Å². The fourth-order valence-electron chi connectivity index (χ4n) is 1.86. The lowest BCUT2D eigenvalue weighted by Gasteiger charge is -2.08. The molecule has 0 fully saturated rings. The van der Waals surface area contributed by atoms with Crippen LogP contribution in [-0.2, 0) is 6.42 Å². The van der Waals surface area contributed by atoms with Crippen molar-refractivity contribution in [2.45, 2.75) is 13.3 Å². The molecule has 78 valence electrons. The van der Waals surface area contributed by atoms with Gasteiger partial charge in [-0.3, -0.25) is 0 Å². The molecular weight excluding hydrogens is 194 g/mol. The van der Waals surface area contributed by atoms with Gasteiger partial charge in [0.05, 0.1) is 11.6 Å². The summed E-state index contributed by atoms with van der Waals surface area (Å²) in [5.74, 6) is 0. The summed E-state index contributed by atoms with van der Waals surface area (Å²) >= 11 is 0. The van der Waals surface area contributed by atoms with Gasteiger partial charge in [-0.1, -0.05) is 43.3 Å². The zero-order valence-electron chi connectivity index (χ0n) is 9.27. The lowest BCUT2D eigenvalue weighted by Crippen LogP contribution is -1.89.